The number of nitrogens with zero attached hydrogens (tertiary/aromatic N) is 1. The first-order chi connectivity index (χ1) is 18.7. The van der Waals surface area contributed by atoms with E-state index in [-0.39, 0.29) is 43.2 Å². The van der Waals surface area contributed by atoms with Crippen LogP contribution in [0.15, 0.2) is 54.6 Å². The number of esters is 1. The number of rotatable bonds is 12. The number of carbonyl (C=O) groups excluding carboxylic acids is 3. The molecule has 2 aromatic rings. The number of aromatic hydroxyl groups is 1. The number of benzene rings is 2. The first-order valence-electron chi connectivity index (χ1n) is 13.3. The average molecular weight is 543 g/mol. The van der Waals surface area contributed by atoms with Crippen molar-refractivity contribution in [2.75, 3.05) is 33.4 Å². The molecule has 0 aliphatic carbocycles. The van der Waals surface area contributed by atoms with Crippen LogP contribution in [0.5, 0.6) is 5.75 Å². The maximum Gasteiger partial charge on any atom is 0.328 e. The fourth-order valence-electron chi connectivity index (χ4n) is 3.92. The molecule has 1 heterocycles. The minimum absolute atomic E-state index is 0.0280. The number of nitrogens with one attached hydrogen (secondary N) is 1. The van der Waals surface area contributed by atoms with Crippen molar-refractivity contribution in [3.05, 3.63) is 65.7 Å². The Morgan fingerprint density at radius 2 is 1.72 bits per heavy atom. The van der Waals surface area contributed by atoms with Crippen molar-refractivity contribution in [2.45, 2.75) is 58.8 Å². The second-order valence-electron chi connectivity index (χ2n) is 10.1. The van der Waals surface area contributed by atoms with Gasteiger partial charge in [0.1, 0.15) is 11.8 Å². The Hall–Kier alpha value is -3.43. The zero-order valence-corrected chi connectivity index (χ0v) is 23.4. The van der Waals surface area contributed by atoms with Gasteiger partial charge in [-0.1, -0.05) is 63.2 Å². The molecule has 214 valence electrons. The van der Waals surface area contributed by atoms with Crippen molar-refractivity contribution in [2.24, 2.45) is 5.92 Å². The lowest BCUT2D eigenvalue weighted by Crippen LogP contribution is -2.46. The van der Waals surface area contributed by atoms with Crippen molar-refractivity contribution in [1.82, 2.24) is 10.2 Å². The highest BCUT2D eigenvalue weighted by molar-refractivity contribution is 5.89. The zero-order valence-electron chi connectivity index (χ0n) is 23.4. The third-order valence-electron chi connectivity index (χ3n) is 5.67. The maximum absolute atomic E-state index is 12.8. The Labute approximate surface area is 231 Å². The summed E-state index contributed by atoms with van der Waals surface area (Å²) >= 11 is 0. The van der Waals surface area contributed by atoms with E-state index in [9.17, 15) is 19.5 Å². The second kappa shape index (κ2) is 17.2. The van der Waals surface area contributed by atoms with Gasteiger partial charge in [-0.3, -0.25) is 9.59 Å². The van der Waals surface area contributed by atoms with Crippen LogP contribution in [-0.4, -0.2) is 73.3 Å². The van der Waals surface area contributed by atoms with E-state index in [1.54, 1.807) is 12.1 Å². The van der Waals surface area contributed by atoms with E-state index in [4.69, 9.17) is 14.2 Å². The lowest BCUT2D eigenvalue weighted by molar-refractivity contribution is -0.150. The van der Waals surface area contributed by atoms with E-state index in [1.807, 2.05) is 30.3 Å². The van der Waals surface area contributed by atoms with Crippen LogP contribution in [0, 0.1) is 5.92 Å². The minimum atomic E-state index is -0.755. The molecule has 39 heavy (non-hydrogen) atoms. The lowest BCUT2D eigenvalue weighted by Gasteiger charge is -2.22. The van der Waals surface area contributed by atoms with E-state index < -0.39 is 12.0 Å². The van der Waals surface area contributed by atoms with Crippen LogP contribution in [-0.2, 0) is 41.6 Å². The molecule has 3 rings (SSSR count). The number of ether oxygens (including phenoxy) is 3. The molecule has 2 amide bonds. The Kier molecular flexibility index (Phi) is 14.0. The molecular weight excluding hydrogens is 500 g/mol. The Balaban J connectivity index is 0.00000124. The van der Waals surface area contributed by atoms with Gasteiger partial charge in [-0.05, 0) is 35.6 Å². The van der Waals surface area contributed by atoms with Crippen LogP contribution in [0.25, 0.3) is 0 Å². The van der Waals surface area contributed by atoms with Crippen molar-refractivity contribution in [3.63, 3.8) is 0 Å². The van der Waals surface area contributed by atoms with Crippen LogP contribution < -0.4 is 5.32 Å². The SMILES string of the molecule is CC(C)C.COC(=O)C1CC(OCCCOCc2ccccc2)CN1C(=O)CNC(=O)Cc1cccc(O)c1. The van der Waals surface area contributed by atoms with Crippen molar-refractivity contribution in [1.29, 1.82) is 0 Å². The number of amides is 2. The third-order valence-corrected chi connectivity index (χ3v) is 5.67. The molecule has 0 spiro atoms. The van der Waals surface area contributed by atoms with E-state index in [0.29, 0.717) is 38.2 Å². The summed E-state index contributed by atoms with van der Waals surface area (Å²) in [7, 11) is 1.28. The summed E-state index contributed by atoms with van der Waals surface area (Å²) in [5.41, 5.74) is 1.73. The Morgan fingerprint density at radius 3 is 2.38 bits per heavy atom. The number of methoxy groups -OCH3 is 1. The van der Waals surface area contributed by atoms with E-state index in [0.717, 1.165) is 11.5 Å². The summed E-state index contributed by atoms with van der Waals surface area (Å²) in [5.74, 6) is -0.358. The topological polar surface area (TPSA) is 114 Å². The zero-order chi connectivity index (χ0) is 28.6. The van der Waals surface area contributed by atoms with Gasteiger partial charge >= 0.3 is 5.97 Å². The molecular formula is C30H42N2O7. The highest BCUT2D eigenvalue weighted by Gasteiger charge is 2.40. The van der Waals surface area contributed by atoms with Crippen molar-refractivity contribution in [3.8, 4) is 5.75 Å². The summed E-state index contributed by atoms with van der Waals surface area (Å²) < 4.78 is 16.4. The van der Waals surface area contributed by atoms with Crippen LogP contribution >= 0.6 is 0 Å². The number of hydrogen-bond donors (Lipinski definition) is 2. The lowest BCUT2D eigenvalue weighted by atomic mass is 10.1. The van der Waals surface area contributed by atoms with Gasteiger partial charge in [-0.15, -0.1) is 0 Å². The Bertz CT molecular complexity index is 1030. The smallest absolute Gasteiger partial charge is 0.328 e. The predicted octanol–water partition coefficient (Wildman–Crippen LogP) is 3.48. The minimum Gasteiger partial charge on any atom is -0.508 e. The van der Waals surface area contributed by atoms with Gasteiger partial charge in [0.05, 0.1) is 32.8 Å². The number of phenolic OH excluding ortho intramolecular Hbond substituents is 1. The number of phenols is 1. The molecule has 0 bridgehead atoms. The molecule has 0 saturated carbocycles. The maximum atomic E-state index is 12.8. The standard InChI is InChI=1S/C26H32N2O7.C4H10/c1-33-26(32)23-15-22(35-12-6-11-34-18-19-7-3-2-4-8-19)17-28(23)25(31)16-27-24(30)14-20-9-5-10-21(29)13-20;1-4(2)3/h2-5,7-10,13,22-23,29H,6,11-12,14-18H2,1H3,(H,27,30);4H,1-3H3. The molecule has 0 aromatic heterocycles. The molecule has 9 nitrogen and oxygen atoms in total. The number of hydrogen-bond acceptors (Lipinski definition) is 7. The molecule has 1 fully saturated rings. The summed E-state index contributed by atoms with van der Waals surface area (Å²) in [5, 5.41) is 12.1. The second-order valence-corrected chi connectivity index (χ2v) is 10.1. The molecule has 1 saturated heterocycles. The van der Waals surface area contributed by atoms with E-state index in [1.165, 1.54) is 24.1 Å². The van der Waals surface area contributed by atoms with Crippen LogP contribution in [0.2, 0.25) is 0 Å². The van der Waals surface area contributed by atoms with Gasteiger partial charge in [-0.2, -0.15) is 0 Å². The monoisotopic (exact) mass is 542 g/mol. The molecule has 1 aliphatic heterocycles. The Morgan fingerprint density at radius 1 is 1.03 bits per heavy atom. The van der Waals surface area contributed by atoms with Gasteiger partial charge in [0.15, 0.2) is 0 Å². The van der Waals surface area contributed by atoms with Crippen LogP contribution in [0.1, 0.15) is 44.7 Å². The fourth-order valence-corrected chi connectivity index (χ4v) is 3.92. The molecule has 2 atom stereocenters. The highest BCUT2D eigenvalue weighted by Crippen LogP contribution is 2.22. The molecule has 0 radical (unpaired) electrons. The summed E-state index contributed by atoms with van der Waals surface area (Å²) in [6, 6.07) is 15.5. The normalized spacial score (nSPS) is 16.4. The van der Waals surface area contributed by atoms with Gasteiger partial charge in [-0.25, -0.2) is 4.79 Å². The first-order valence-corrected chi connectivity index (χ1v) is 13.3. The van der Waals surface area contributed by atoms with Gasteiger partial charge in [0.2, 0.25) is 11.8 Å². The van der Waals surface area contributed by atoms with Gasteiger partial charge in [0, 0.05) is 26.2 Å². The van der Waals surface area contributed by atoms with Crippen molar-refractivity contribution < 1.29 is 33.7 Å². The summed E-state index contributed by atoms with van der Waals surface area (Å²) in [6.45, 7) is 8.01. The fraction of sp³-hybridized carbons (Fsp3) is 0.500. The quantitative estimate of drug-likeness (QED) is 0.312. The highest BCUT2D eigenvalue weighted by atomic mass is 16.5. The van der Waals surface area contributed by atoms with E-state index in [2.05, 4.69) is 26.1 Å². The summed E-state index contributed by atoms with van der Waals surface area (Å²) in [6.07, 6.45) is 0.742. The van der Waals surface area contributed by atoms with Gasteiger partial charge < -0.3 is 29.5 Å². The first kappa shape index (κ1) is 31.8. The van der Waals surface area contributed by atoms with Crippen molar-refractivity contribution >= 4 is 17.8 Å². The molecule has 1 aliphatic rings. The average Bonchev–Trinajstić information content (AvgIpc) is 3.33. The number of carbonyl (C=O) groups is 3. The molecule has 2 N–H and O–H groups in total. The predicted molar refractivity (Wildman–Crippen MR) is 148 cm³/mol. The van der Waals surface area contributed by atoms with Crippen LogP contribution in [0.3, 0.4) is 0 Å². The van der Waals surface area contributed by atoms with Gasteiger partial charge in [0.25, 0.3) is 0 Å². The number of likely N-dealkylation sites (tertiary alicyclic amines) is 1. The van der Waals surface area contributed by atoms with E-state index >= 15 is 0 Å². The largest absolute Gasteiger partial charge is 0.508 e. The molecule has 2 aromatic carbocycles. The molecule has 9 heteroatoms. The molecule has 2 unspecified atom stereocenters. The summed E-state index contributed by atoms with van der Waals surface area (Å²) in [4.78, 5) is 38.6. The van der Waals surface area contributed by atoms with Crippen LogP contribution in [0.4, 0.5) is 0 Å². The third kappa shape index (κ3) is 12.3.